The summed E-state index contributed by atoms with van der Waals surface area (Å²) in [5.41, 5.74) is 4.55. The molecule has 6 rings (SSSR count). The Morgan fingerprint density at radius 2 is 1.85 bits per heavy atom. The molecule has 39 heavy (non-hydrogen) atoms. The molecule has 0 amide bonds. The Hall–Kier alpha value is -2.52. The van der Waals surface area contributed by atoms with Gasteiger partial charge in [0.05, 0.1) is 47.8 Å². The van der Waals surface area contributed by atoms with Crippen LogP contribution in [0.2, 0.25) is 5.02 Å². The Labute approximate surface area is 233 Å². The molecule has 2 aromatic rings. The summed E-state index contributed by atoms with van der Waals surface area (Å²) >= 11 is 6.65. The average Bonchev–Trinajstić information content (AvgIpc) is 3.60. The molecular weight excluding hydrogens is 520 g/mol. The molecule has 3 aliphatic heterocycles. The standard InChI is InChI=1S/C30H35ClN2O6/c1-16(2)38-27(35)11-17-3-5-18(6-4-17)19-7-9-20(10-8-19)28-21(31)12-22-23(33-28)13-26(32-22)39-25-15-37-29-24(34)14-36-30(25)29/h7-10,12,16-18,24-25,29-30,34H,3-6,11,13-15H2,1-2H3/t17?,18?,24-,25-,29-,30-/m1/s1. The quantitative estimate of drug-likeness (QED) is 0.493. The first kappa shape index (κ1) is 26.7. The third-order valence-electron chi connectivity index (χ3n) is 8.19. The maximum atomic E-state index is 12.0. The normalized spacial score (nSPS) is 29.7. The fourth-order valence-electron chi connectivity index (χ4n) is 6.21. The van der Waals surface area contributed by atoms with Crippen LogP contribution < -0.4 is 0 Å². The molecule has 0 radical (unpaired) electrons. The van der Waals surface area contributed by atoms with Crippen LogP contribution >= 0.6 is 11.6 Å². The molecule has 0 spiro atoms. The maximum Gasteiger partial charge on any atom is 0.306 e. The largest absolute Gasteiger partial charge is 0.472 e. The van der Waals surface area contributed by atoms with Gasteiger partial charge in [-0.15, -0.1) is 0 Å². The molecule has 1 aromatic carbocycles. The SMILES string of the molecule is CC(C)OC(=O)CC1CCC(c2ccc(-c3nc4c(cc3Cl)N=C(O[C@@H]3CO[C@H]5[C@@H]3OC[C@H]5O)C4)cc2)CC1. The highest BCUT2D eigenvalue weighted by atomic mass is 35.5. The number of halogens is 1. The van der Waals surface area contributed by atoms with Crippen molar-refractivity contribution in [3.63, 3.8) is 0 Å². The third kappa shape index (κ3) is 5.71. The average molecular weight is 555 g/mol. The summed E-state index contributed by atoms with van der Waals surface area (Å²) < 4.78 is 22.8. The minimum Gasteiger partial charge on any atom is -0.472 e. The Balaban J connectivity index is 1.06. The third-order valence-corrected chi connectivity index (χ3v) is 8.48. The summed E-state index contributed by atoms with van der Waals surface area (Å²) in [6.07, 6.45) is 3.65. The van der Waals surface area contributed by atoms with E-state index in [1.54, 1.807) is 0 Å². The summed E-state index contributed by atoms with van der Waals surface area (Å²) in [6.45, 7) is 4.41. The van der Waals surface area contributed by atoms with Crippen LogP contribution in [0.4, 0.5) is 5.69 Å². The smallest absolute Gasteiger partial charge is 0.306 e. The van der Waals surface area contributed by atoms with E-state index in [2.05, 4.69) is 29.3 Å². The molecule has 4 heterocycles. The zero-order valence-electron chi connectivity index (χ0n) is 22.3. The predicted octanol–water partition coefficient (Wildman–Crippen LogP) is 5.15. The number of ether oxygens (including phenoxy) is 4. The van der Waals surface area contributed by atoms with E-state index in [4.69, 9.17) is 35.5 Å². The highest BCUT2D eigenvalue weighted by Gasteiger charge is 2.49. The van der Waals surface area contributed by atoms with Crippen molar-refractivity contribution in [3.8, 4) is 11.3 Å². The fraction of sp³-hybridized carbons (Fsp3) is 0.567. The summed E-state index contributed by atoms with van der Waals surface area (Å²) in [7, 11) is 0. The number of hydrogen-bond acceptors (Lipinski definition) is 8. The predicted molar refractivity (Wildman–Crippen MR) is 146 cm³/mol. The zero-order chi connectivity index (χ0) is 27.1. The van der Waals surface area contributed by atoms with Crippen LogP contribution in [0, 0.1) is 5.92 Å². The van der Waals surface area contributed by atoms with Crippen molar-refractivity contribution in [2.75, 3.05) is 13.2 Å². The van der Waals surface area contributed by atoms with Gasteiger partial charge in [0.15, 0.2) is 12.0 Å². The number of hydrogen-bond donors (Lipinski definition) is 1. The molecule has 2 saturated heterocycles. The fourth-order valence-corrected chi connectivity index (χ4v) is 6.47. The molecule has 1 aliphatic carbocycles. The van der Waals surface area contributed by atoms with Crippen LogP contribution in [0.5, 0.6) is 0 Å². The maximum absolute atomic E-state index is 12.0. The van der Waals surface area contributed by atoms with Gasteiger partial charge in [-0.05, 0) is 63.0 Å². The molecule has 1 saturated carbocycles. The Kier molecular flexibility index (Phi) is 7.64. The molecule has 1 aromatic heterocycles. The van der Waals surface area contributed by atoms with Gasteiger partial charge in [-0.25, -0.2) is 9.98 Å². The number of aliphatic hydroxyl groups is 1. The lowest BCUT2D eigenvalue weighted by atomic mass is 9.77. The Morgan fingerprint density at radius 1 is 1.10 bits per heavy atom. The lowest BCUT2D eigenvalue weighted by Crippen LogP contribution is -2.34. The van der Waals surface area contributed by atoms with Gasteiger partial charge < -0.3 is 24.1 Å². The van der Waals surface area contributed by atoms with Crippen molar-refractivity contribution >= 4 is 29.2 Å². The number of benzene rings is 1. The topological polar surface area (TPSA) is 99.5 Å². The van der Waals surface area contributed by atoms with Gasteiger partial charge in [-0.3, -0.25) is 4.79 Å². The second-order valence-corrected chi connectivity index (χ2v) is 11.8. The van der Waals surface area contributed by atoms with Crippen LogP contribution in [0.1, 0.15) is 63.1 Å². The monoisotopic (exact) mass is 554 g/mol. The van der Waals surface area contributed by atoms with Crippen molar-refractivity contribution in [1.29, 1.82) is 0 Å². The second kappa shape index (κ2) is 11.2. The molecule has 0 bridgehead atoms. The van der Waals surface area contributed by atoms with Gasteiger partial charge in [0, 0.05) is 12.0 Å². The molecule has 9 heteroatoms. The van der Waals surface area contributed by atoms with E-state index in [0.29, 0.717) is 47.9 Å². The summed E-state index contributed by atoms with van der Waals surface area (Å²) in [4.78, 5) is 21.5. The van der Waals surface area contributed by atoms with Gasteiger partial charge >= 0.3 is 5.97 Å². The highest BCUT2D eigenvalue weighted by molar-refractivity contribution is 6.33. The molecule has 1 N–H and O–H groups in total. The number of pyridine rings is 1. The van der Waals surface area contributed by atoms with E-state index in [0.717, 1.165) is 42.6 Å². The summed E-state index contributed by atoms with van der Waals surface area (Å²) in [5.74, 6) is 1.40. The van der Waals surface area contributed by atoms with Gasteiger partial charge in [-0.2, -0.15) is 0 Å². The van der Waals surface area contributed by atoms with E-state index in [1.807, 2.05) is 19.9 Å². The van der Waals surface area contributed by atoms with E-state index in [-0.39, 0.29) is 37.0 Å². The second-order valence-electron chi connectivity index (χ2n) is 11.4. The molecular formula is C30H35ClN2O6. The molecule has 0 unspecified atom stereocenters. The number of fused-ring (bicyclic) bond motifs is 2. The van der Waals surface area contributed by atoms with Crippen LogP contribution in [-0.2, 0) is 30.2 Å². The van der Waals surface area contributed by atoms with E-state index in [9.17, 15) is 9.90 Å². The van der Waals surface area contributed by atoms with Crippen LogP contribution in [0.3, 0.4) is 0 Å². The molecule has 3 fully saturated rings. The number of aliphatic imine (C=N–C) groups is 1. The van der Waals surface area contributed by atoms with Crippen LogP contribution in [0.15, 0.2) is 35.3 Å². The number of esters is 1. The van der Waals surface area contributed by atoms with Crippen LogP contribution in [-0.4, -0.2) is 65.7 Å². The van der Waals surface area contributed by atoms with Crippen molar-refractivity contribution in [1.82, 2.24) is 4.98 Å². The van der Waals surface area contributed by atoms with Gasteiger partial charge in [-0.1, -0.05) is 35.9 Å². The molecule has 4 atom stereocenters. The Bertz CT molecular complexity index is 1240. The van der Waals surface area contributed by atoms with E-state index < -0.39 is 6.10 Å². The first-order valence-corrected chi connectivity index (χ1v) is 14.4. The van der Waals surface area contributed by atoms with Crippen molar-refractivity contribution in [2.24, 2.45) is 10.9 Å². The van der Waals surface area contributed by atoms with Gasteiger partial charge in [0.1, 0.15) is 18.3 Å². The van der Waals surface area contributed by atoms with Crippen molar-refractivity contribution in [2.45, 2.75) is 88.8 Å². The zero-order valence-corrected chi connectivity index (χ0v) is 23.1. The highest BCUT2D eigenvalue weighted by Crippen LogP contribution is 2.39. The number of carbonyl (C=O) groups excluding carboxylic acids is 1. The lowest BCUT2D eigenvalue weighted by Gasteiger charge is -2.28. The summed E-state index contributed by atoms with van der Waals surface area (Å²) in [6, 6.07) is 10.4. The van der Waals surface area contributed by atoms with Gasteiger partial charge in [0.25, 0.3) is 0 Å². The van der Waals surface area contributed by atoms with Crippen LogP contribution in [0.25, 0.3) is 11.3 Å². The molecule has 208 valence electrons. The molecule has 4 aliphatic rings. The summed E-state index contributed by atoms with van der Waals surface area (Å²) in [5, 5.41) is 10.5. The lowest BCUT2D eigenvalue weighted by molar-refractivity contribution is -0.148. The number of aromatic nitrogens is 1. The minimum absolute atomic E-state index is 0.0541. The first-order valence-electron chi connectivity index (χ1n) is 14.0. The number of nitrogens with zero attached hydrogens (tertiary/aromatic N) is 2. The minimum atomic E-state index is -0.615. The van der Waals surface area contributed by atoms with Crippen molar-refractivity contribution in [3.05, 3.63) is 46.6 Å². The van der Waals surface area contributed by atoms with Crippen molar-refractivity contribution < 1.29 is 28.8 Å². The first-order chi connectivity index (χ1) is 18.8. The number of rotatable bonds is 6. The Morgan fingerprint density at radius 3 is 2.59 bits per heavy atom. The molecule has 8 nitrogen and oxygen atoms in total. The van der Waals surface area contributed by atoms with Gasteiger partial charge in [0.2, 0.25) is 0 Å². The van der Waals surface area contributed by atoms with E-state index in [1.165, 1.54) is 5.56 Å². The van der Waals surface area contributed by atoms with E-state index >= 15 is 0 Å². The number of carbonyl (C=O) groups is 1. The number of aliphatic hydroxyl groups excluding tert-OH is 1.